The first kappa shape index (κ1) is 18.0. The van der Waals surface area contributed by atoms with E-state index in [2.05, 4.69) is 20.2 Å². The SMILES string of the molecule is FC(F)(F)c1cccc(Nc2nccc(N3CCC4(CC3)OCCO4)n2)c1. The third kappa shape index (κ3) is 3.98. The van der Waals surface area contributed by atoms with Crippen LogP contribution in [0.4, 0.5) is 30.6 Å². The Morgan fingerprint density at radius 1 is 1.07 bits per heavy atom. The van der Waals surface area contributed by atoms with Crippen molar-refractivity contribution >= 4 is 17.5 Å². The molecule has 1 aromatic heterocycles. The number of piperidine rings is 1. The van der Waals surface area contributed by atoms with Gasteiger partial charge in [0, 0.05) is 37.8 Å². The molecule has 9 heteroatoms. The van der Waals surface area contributed by atoms with Crippen molar-refractivity contribution in [3.8, 4) is 0 Å². The maximum absolute atomic E-state index is 12.9. The van der Waals surface area contributed by atoms with Crippen LogP contribution in [0.5, 0.6) is 0 Å². The van der Waals surface area contributed by atoms with Gasteiger partial charge in [-0.15, -0.1) is 0 Å². The molecule has 6 nitrogen and oxygen atoms in total. The van der Waals surface area contributed by atoms with Gasteiger partial charge in [-0.25, -0.2) is 4.98 Å². The number of halogens is 3. The van der Waals surface area contributed by atoms with Gasteiger partial charge < -0.3 is 19.7 Å². The molecule has 0 amide bonds. The molecule has 1 aromatic carbocycles. The molecule has 27 heavy (non-hydrogen) atoms. The fourth-order valence-electron chi connectivity index (χ4n) is 3.35. The van der Waals surface area contributed by atoms with Gasteiger partial charge in [-0.1, -0.05) is 6.07 Å². The van der Waals surface area contributed by atoms with Crippen LogP contribution >= 0.6 is 0 Å². The maximum atomic E-state index is 12.9. The quantitative estimate of drug-likeness (QED) is 0.878. The Morgan fingerprint density at radius 2 is 1.81 bits per heavy atom. The van der Waals surface area contributed by atoms with Crippen LogP contribution in [0.2, 0.25) is 0 Å². The van der Waals surface area contributed by atoms with E-state index in [1.807, 2.05) is 0 Å². The average Bonchev–Trinajstić information content (AvgIpc) is 3.10. The van der Waals surface area contributed by atoms with Gasteiger partial charge in [0.25, 0.3) is 0 Å². The Balaban J connectivity index is 1.45. The Bertz CT molecular complexity index is 799. The number of nitrogens with one attached hydrogen (secondary N) is 1. The monoisotopic (exact) mass is 380 g/mol. The molecule has 2 aromatic rings. The summed E-state index contributed by atoms with van der Waals surface area (Å²) >= 11 is 0. The molecule has 2 fully saturated rings. The van der Waals surface area contributed by atoms with Gasteiger partial charge in [0.05, 0.1) is 18.8 Å². The van der Waals surface area contributed by atoms with Crippen LogP contribution in [0, 0.1) is 0 Å². The smallest absolute Gasteiger partial charge is 0.356 e. The van der Waals surface area contributed by atoms with Crippen LogP contribution in [0.25, 0.3) is 0 Å². The maximum Gasteiger partial charge on any atom is 0.416 e. The summed E-state index contributed by atoms with van der Waals surface area (Å²) in [6.07, 6.45) is -1.32. The lowest BCUT2D eigenvalue weighted by atomic mass is 10.0. The van der Waals surface area contributed by atoms with Crippen LogP contribution in [0.15, 0.2) is 36.5 Å². The second-order valence-corrected chi connectivity index (χ2v) is 6.54. The van der Waals surface area contributed by atoms with Crippen molar-refractivity contribution in [1.29, 1.82) is 0 Å². The first-order chi connectivity index (χ1) is 12.9. The minimum absolute atomic E-state index is 0.250. The van der Waals surface area contributed by atoms with E-state index in [0.29, 0.717) is 19.0 Å². The van der Waals surface area contributed by atoms with Crippen molar-refractivity contribution in [3.63, 3.8) is 0 Å². The molecule has 4 rings (SSSR count). The summed E-state index contributed by atoms with van der Waals surface area (Å²) in [5, 5.41) is 2.85. The van der Waals surface area contributed by atoms with Crippen LogP contribution in [0.3, 0.4) is 0 Å². The Hall–Kier alpha value is -2.39. The topological polar surface area (TPSA) is 59.5 Å². The fourth-order valence-corrected chi connectivity index (χ4v) is 3.35. The molecular formula is C18H19F3N4O2. The molecule has 2 saturated heterocycles. The standard InChI is InChI=1S/C18H19F3N4O2/c19-18(20,21)13-2-1-3-14(12-13)23-16-22-7-4-15(24-16)25-8-5-17(6-9-25)26-10-11-27-17/h1-4,7,12H,5-6,8-11H2,(H,22,23,24). The Morgan fingerprint density at radius 3 is 2.52 bits per heavy atom. The van der Waals surface area contributed by atoms with Gasteiger partial charge in [-0.3, -0.25) is 0 Å². The number of benzene rings is 1. The molecule has 0 unspecified atom stereocenters. The lowest BCUT2D eigenvalue weighted by molar-refractivity contribution is -0.169. The summed E-state index contributed by atoms with van der Waals surface area (Å²) in [5.74, 6) is 0.496. The normalized spacial score (nSPS) is 19.4. The molecular weight excluding hydrogens is 361 g/mol. The van der Waals surface area contributed by atoms with Crippen molar-refractivity contribution in [2.45, 2.75) is 24.8 Å². The number of hydrogen-bond donors (Lipinski definition) is 1. The summed E-state index contributed by atoms with van der Waals surface area (Å²) in [4.78, 5) is 10.6. The molecule has 2 aliphatic heterocycles. The first-order valence-corrected chi connectivity index (χ1v) is 8.74. The highest BCUT2D eigenvalue weighted by atomic mass is 19.4. The molecule has 1 N–H and O–H groups in total. The zero-order valence-corrected chi connectivity index (χ0v) is 14.5. The van der Waals surface area contributed by atoms with Crippen molar-refractivity contribution in [1.82, 2.24) is 9.97 Å². The molecule has 0 aliphatic carbocycles. The van der Waals surface area contributed by atoms with E-state index in [1.165, 1.54) is 6.07 Å². The Kier molecular flexibility index (Phi) is 4.65. The number of rotatable bonds is 3. The Labute approximate surface area is 154 Å². The van der Waals surface area contributed by atoms with Crippen molar-refractivity contribution in [3.05, 3.63) is 42.1 Å². The largest absolute Gasteiger partial charge is 0.416 e. The summed E-state index contributed by atoms with van der Waals surface area (Å²) in [5.41, 5.74) is -0.436. The molecule has 3 heterocycles. The predicted molar refractivity (Wildman–Crippen MR) is 92.8 cm³/mol. The number of anilines is 3. The first-order valence-electron chi connectivity index (χ1n) is 8.74. The third-order valence-electron chi connectivity index (χ3n) is 4.75. The average molecular weight is 380 g/mol. The van der Waals surface area contributed by atoms with Crippen molar-refractivity contribution < 1.29 is 22.6 Å². The van der Waals surface area contributed by atoms with Crippen LogP contribution in [-0.2, 0) is 15.7 Å². The minimum atomic E-state index is -4.39. The number of aromatic nitrogens is 2. The van der Waals surface area contributed by atoms with E-state index in [9.17, 15) is 13.2 Å². The zero-order chi connectivity index (χ0) is 18.9. The molecule has 0 atom stereocenters. The predicted octanol–water partition coefficient (Wildman–Crippen LogP) is 3.58. The molecule has 2 aliphatic rings. The summed E-state index contributed by atoms with van der Waals surface area (Å²) in [6.45, 7) is 2.69. The highest BCUT2D eigenvalue weighted by molar-refractivity contribution is 5.56. The highest BCUT2D eigenvalue weighted by Gasteiger charge is 2.40. The van der Waals surface area contributed by atoms with Crippen molar-refractivity contribution in [2.75, 3.05) is 36.5 Å². The van der Waals surface area contributed by atoms with Gasteiger partial charge in [-0.05, 0) is 24.3 Å². The van der Waals surface area contributed by atoms with E-state index in [1.54, 1.807) is 18.3 Å². The molecule has 0 saturated carbocycles. The molecule has 0 bridgehead atoms. The van der Waals surface area contributed by atoms with Crippen molar-refractivity contribution in [2.24, 2.45) is 0 Å². The second-order valence-electron chi connectivity index (χ2n) is 6.54. The second kappa shape index (κ2) is 6.97. The summed E-state index contributed by atoms with van der Waals surface area (Å²) in [7, 11) is 0. The zero-order valence-electron chi connectivity index (χ0n) is 14.5. The van der Waals surface area contributed by atoms with Crippen LogP contribution in [0.1, 0.15) is 18.4 Å². The summed E-state index contributed by atoms with van der Waals surface area (Å²) < 4.78 is 50.0. The van der Waals surface area contributed by atoms with Gasteiger partial charge in [0.1, 0.15) is 5.82 Å². The van der Waals surface area contributed by atoms with Crippen LogP contribution in [-0.4, -0.2) is 42.1 Å². The number of ether oxygens (including phenoxy) is 2. The van der Waals surface area contributed by atoms with E-state index in [4.69, 9.17) is 9.47 Å². The molecule has 144 valence electrons. The number of nitrogens with zero attached hydrogens (tertiary/aromatic N) is 3. The van der Waals surface area contributed by atoms with E-state index < -0.39 is 17.5 Å². The summed E-state index contributed by atoms with van der Waals surface area (Å²) in [6, 6.07) is 6.74. The van der Waals surface area contributed by atoms with Gasteiger partial charge in [0.15, 0.2) is 5.79 Å². The minimum Gasteiger partial charge on any atom is -0.356 e. The lowest BCUT2D eigenvalue weighted by Crippen LogP contribution is -2.45. The molecule has 1 spiro atoms. The lowest BCUT2D eigenvalue weighted by Gasteiger charge is -2.38. The highest BCUT2D eigenvalue weighted by Crippen LogP contribution is 2.33. The van der Waals surface area contributed by atoms with E-state index in [0.717, 1.165) is 38.1 Å². The van der Waals surface area contributed by atoms with E-state index >= 15 is 0 Å². The fraction of sp³-hybridized carbons (Fsp3) is 0.444. The third-order valence-corrected chi connectivity index (χ3v) is 4.75. The van der Waals surface area contributed by atoms with Gasteiger partial charge >= 0.3 is 6.18 Å². The van der Waals surface area contributed by atoms with Gasteiger partial charge in [-0.2, -0.15) is 18.2 Å². The number of hydrogen-bond acceptors (Lipinski definition) is 6. The van der Waals surface area contributed by atoms with Crippen LogP contribution < -0.4 is 10.2 Å². The number of alkyl halides is 3. The molecule has 0 radical (unpaired) electrons. The van der Waals surface area contributed by atoms with Gasteiger partial charge in [0.2, 0.25) is 5.95 Å². The van der Waals surface area contributed by atoms with E-state index in [-0.39, 0.29) is 11.6 Å².